The average molecular weight is 439 g/mol. The van der Waals surface area contributed by atoms with Crippen molar-refractivity contribution in [1.29, 1.82) is 5.41 Å². The highest BCUT2D eigenvalue weighted by Gasteiger charge is 2.58. The van der Waals surface area contributed by atoms with Gasteiger partial charge in [-0.15, -0.1) is 17.3 Å². The molecule has 5 nitrogen and oxygen atoms in total. The van der Waals surface area contributed by atoms with Gasteiger partial charge in [0.2, 0.25) is 0 Å². The Bertz CT molecular complexity index is 1370. The summed E-state index contributed by atoms with van der Waals surface area (Å²) in [5, 5.41) is 14.0. The van der Waals surface area contributed by atoms with Gasteiger partial charge in [-0.3, -0.25) is 5.41 Å². The number of thiophene rings is 1. The summed E-state index contributed by atoms with van der Waals surface area (Å²) in [7, 11) is -3.55. The van der Waals surface area contributed by atoms with Crippen molar-refractivity contribution in [1.82, 2.24) is 5.32 Å². The predicted octanol–water partition coefficient (Wildman–Crippen LogP) is 3.80. The molecule has 0 amide bonds. The van der Waals surface area contributed by atoms with E-state index in [9.17, 15) is 8.42 Å². The summed E-state index contributed by atoms with van der Waals surface area (Å²) in [6.45, 7) is 4.12. The van der Waals surface area contributed by atoms with Crippen molar-refractivity contribution in [3.05, 3.63) is 47.5 Å². The van der Waals surface area contributed by atoms with Crippen LogP contribution in [0.5, 0.6) is 0 Å². The molecule has 2 saturated heterocycles. The first-order valence-electron chi connectivity index (χ1n) is 9.85. The molecule has 0 bridgehead atoms. The fourth-order valence-electron chi connectivity index (χ4n) is 4.59. The van der Waals surface area contributed by atoms with Gasteiger partial charge in [0.1, 0.15) is 5.84 Å². The van der Waals surface area contributed by atoms with Crippen molar-refractivity contribution in [2.24, 2.45) is 0 Å². The second kappa shape index (κ2) is 6.55. The Hall–Kier alpha value is -2.40. The van der Waals surface area contributed by atoms with E-state index in [0.717, 1.165) is 26.6 Å². The molecule has 7 heteroatoms. The van der Waals surface area contributed by atoms with Crippen molar-refractivity contribution < 1.29 is 13.2 Å². The number of rotatable bonds is 1. The molecule has 1 unspecified atom stereocenters. The van der Waals surface area contributed by atoms with Crippen LogP contribution in [0.25, 0.3) is 20.2 Å². The fourth-order valence-corrected chi connectivity index (χ4v) is 7.95. The lowest BCUT2D eigenvalue weighted by Gasteiger charge is -2.44. The van der Waals surface area contributed by atoms with Crippen LogP contribution in [0, 0.1) is 17.3 Å². The van der Waals surface area contributed by atoms with Crippen LogP contribution < -0.4 is 5.32 Å². The molecule has 3 heterocycles. The lowest BCUT2D eigenvalue weighted by Crippen LogP contribution is -2.66. The second-order valence-electron chi connectivity index (χ2n) is 8.29. The van der Waals surface area contributed by atoms with Crippen LogP contribution >= 0.6 is 11.3 Å². The Morgan fingerprint density at radius 2 is 1.90 bits per heavy atom. The van der Waals surface area contributed by atoms with Gasteiger partial charge >= 0.3 is 0 Å². The molecule has 2 aliphatic rings. The molecular weight excluding hydrogens is 416 g/mol. The Morgan fingerprint density at radius 1 is 1.17 bits per heavy atom. The van der Waals surface area contributed by atoms with Crippen LogP contribution in [0.15, 0.2) is 36.4 Å². The molecule has 2 N–H and O–H groups in total. The molecule has 2 aliphatic heterocycles. The Kier molecular flexibility index (Phi) is 4.27. The number of sulfone groups is 1. The van der Waals surface area contributed by atoms with Gasteiger partial charge in [0, 0.05) is 32.3 Å². The van der Waals surface area contributed by atoms with Gasteiger partial charge in [0.05, 0.1) is 17.9 Å². The quantitative estimate of drug-likeness (QED) is 0.567. The predicted molar refractivity (Wildman–Crippen MR) is 122 cm³/mol. The minimum absolute atomic E-state index is 0.0459. The number of nitrogens with one attached hydrogen (secondary N) is 2. The Labute approximate surface area is 179 Å². The third kappa shape index (κ3) is 2.71. The smallest absolute Gasteiger partial charge is 0.168 e. The van der Waals surface area contributed by atoms with E-state index >= 15 is 0 Å². The zero-order valence-corrected chi connectivity index (χ0v) is 18.5. The topological polar surface area (TPSA) is 79.2 Å². The molecule has 1 spiro atoms. The highest BCUT2D eigenvalue weighted by molar-refractivity contribution is 7.93. The molecule has 0 aliphatic carbocycles. The van der Waals surface area contributed by atoms with Gasteiger partial charge < -0.3 is 10.1 Å². The van der Waals surface area contributed by atoms with Gasteiger partial charge in [0.15, 0.2) is 14.6 Å². The zero-order chi connectivity index (χ0) is 21.1. The number of benzene rings is 2. The molecule has 1 aromatic heterocycles. The van der Waals surface area contributed by atoms with Crippen LogP contribution in [0.4, 0.5) is 0 Å². The first-order chi connectivity index (χ1) is 14.3. The van der Waals surface area contributed by atoms with Crippen molar-refractivity contribution in [2.45, 2.75) is 30.6 Å². The first-order valence-corrected chi connectivity index (χ1v) is 12.3. The minimum atomic E-state index is -3.55. The highest BCUT2D eigenvalue weighted by Crippen LogP contribution is 2.41. The van der Waals surface area contributed by atoms with Gasteiger partial charge in [-0.05, 0) is 56.2 Å². The zero-order valence-electron chi connectivity index (χ0n) is 16.8. The van der Waals surface area contributed by atoms with Crippen molar-refractivity contribution in [2.75, 3.05) is 19.0 Å². The molecule has 154 valence electrons. The number of ether oxygens (including phenoxy) is 1. The van der Waals surface area contributed by atoms with E-state index in [1.165, 1.54) is 4.70 Å². The molecule has 0 radical (unpaired) electrons. The Balaban J connectivity index is 1.63. The molecule has 2 fully saturated rings. The van der Waals surface area contributed by atoms with Crippen molar-refractivity contribution >= 4 is 47.2 Å². The maximum absolute atomic E-state index is 13.3. The molecule has 0 saturated carbocycles. The van der Waals surface area contributed by atoms with E-state index < -0.39 is 20.1 Å². The number of amidine groups is 1. The summed E-state index contributed by atoms with van der Waals surface area (Å²) < 4.78 is 33.0. The second-order valence-corrected chi connectivity index (χ2v) is 11.7. The number of hydrogen-bond acceptors (Lipinski definition) is 5. The van der Waals surface area contributed by atoms with Gasteiger partial charge in [0.25, 0.3) is 0 Å². The van der Waals surface area contributed by atoms with Crippen LogP contribution in [0.1, 0.15) is 31.4 Å². The molecule has 30 heavy (non-hydrogen) atoms. The van der Waals surface area contributed by atoms with Crippen molar-refractivity contribution in [3.8, 4) is 11.8 Å². The highest BCUT2D eigenvalue weighted by atomic mass is 32.2. The van der Waals surface area contributed by atoms with Gasteiger partial charge in [-0.2, -0.15) is 0 Å². The van der Waals surface area contributed by atoms with Crippen LogP contribution in [-0.2, 0) is 20.1 Å². The standard InChI is InChI=1S/C23H22N2O3S2/c1-3-4-15-5-7-19-17(11-15)18-12-16(6-8-20(18)29-19)22(2)14-30(26,27)23(21(24)25-22)9-10-28-13-23/h5-8,11-12H,9-10,13-14H2,1-2H3,(H2,24,25)/t22-,23?/m0/s1. The largest absolute Gasteiger partial charge is 0.379 e. The summed E-state index contributed by atoms with van der Waals surface area (Å²) in [5.74, 6) is 6.03. The third-order valence-electron chi connectivity index (χ3n) is 6.29. The summed E-state index contributed by atoms with van der Waals surface area (Å²) in [5.41, 5.74) is 0.959. The molecular formula is C23H22N2O3S2. The van der Waals surface area contributed by atoms with Gasteiger partial charge in [-0.1, -0.05) is 12.0 Å². The molecule has 3 aromatic rings. The summed E-state index contributed by atoms with van der Waals surface area (Å²) in [6.07, 6.45) is 0.340. The summed E-state index contributed by atoms with van der Waals surface area (Å²) >= 11 is 1.71. The van der Waals surface area contributed by atoms with Crippen LogP contribution in [0.2, 0.25) is 0 Å². The van der Waals surface area contributed by atoms with Gasteiger partial charge in [-0.25, -0.2) is 8.42 Å². The maximum Gasteiger partial charge on any atom is 0.168 e. The lowest BCUT2D eigenvalue weighted by atomic mass is 9.90. The van der Waals surface area contributed by atoms with E-state index in [1.807, 2.05) is 32.0 Å². The van der Waals surface area contributed by atoms with E-state index in [2.05, 4.69) is 35.4 Å². The molecule has 2 aromatic carbocycles. The van der Waals surface area contributed by atoms with Crippen LogP contribution in [0.3, 0.4) is 0 Å². The Morgan fingerprint density at radius 3 is 2.57 bits per heavy atom. The summed E-state index contributed by atoms with van der Waals surface area (Å²) in [6, 6.07) is 12.3. The SMILES string of the molecule is CC#Cc1ccc2sc3ccc([C@]4(C)CS(=O)(=O)C5(CCOC5)C(=N)N4)cc3c2c1. The summed E-state index contributed by atoms with van der Waals surface area (Å²) in [4.78, 5) is 0. The fraction of sp³-hybridized carbons (Fsp3) is 0.348. The number of hydrogen-bond donors (Lipinski definition) is 2. The van der Waals surface area contributed by atoms with E-state index in [0.29, 0.717) is 13.0 Å². The maximum atomic E-state index is 13.3. The average Bonchev–Trinajstić information content (AvgIpc) is 3.32. The van der Waals surface area contributed by atoms with E-state index in [4.69, 9.17) is 10.1 Å². The molecule has 2 atom stereocenters. The monoisotopic (exact) mass is 438 g/mol. The number of fused-ring (bicyclic) bond motifs is 3. The first kappa shape index (κ1) is 19.6. The van der Waals surface area contributed by atoms with E-state index in [1.54, 1.807) is 11.3 Å². The molecule has 5 rings (SSSR count). The van der Waals surface area contributed by atoms with E-state index in [-0.39, 0.29) is 18.2 Å². The normalized spacial score (nSPS) is 27.9. The van der Waals surface area contributed by atoms with Crippen LogP contribution in [-0.4, -0.2) is 38.0 Å². The minimum Gasteiger partial charge on any atom is -0.379 e. The third-order valence-corrected chi connectivity index (χ3v) is 10.1. The lowest BCUT2D eigenvalue weighted by molar-refractivity contribution is 0.193. The van der Waals surface area contributed by atoms with Crippen molar-refractivity contribution in [3.63, 3.8) is 0 Å².